The van der Waals surface area contributed by atoms with E-state index in [-0.39, 0.29) is 0 Å². The van der Waals surface area contributed by atoms with E-state index in [1.165, 1.54) is 58.2 Å². The Morgan fingerprint density at radius 2 is 1.30 bits per heavy atom. The molecule has 0 N–H and O–H groups in total. The van der Waals surface area contributed by atoms with E-state index in [0.29, 0.717) is 19.8 Å². The average molecular weight is 581 g/mol. The van der Waals surface area contributed by atoms with Crippen LogP contribution in [-0.4, -0.2) is 35.7 Å². The minimum Gasteiger partial charge on any atom is -0.489 e. The summed E-state index contributed by atoms with van der Waals surface area (Å²) in [7, 11) is 0. The third kappa shape index (κ3) is 9.47. The van der Waals surface area contributed by atoms with Crippen LogP contribution in [0.5, 0.6) is 11.6 Å². The van der Waals surface area contributed by atoms with Crippen molar-refractivity contribution >= 4 is 0 Å². The summed E-state index contributed by atoms with van der Waals surface area (Å²) in [4.78, 5) is 2.64. The number of hydrogen-bond acceptors (Lipinski definition) is 4. The topological polar surface area (TPSA) is 35.9 Å². The minimum atomic E-state index is 0.536. The number of nitrogens with zero attached hydrogens (tertiary/aromatic N) is 2. The van der Waals surface area contributed by atoms with E-state index in [4.69, 9.17) is 14.2 Å². The Morgan fingerprint density at radius 1 is 0.651 bits per heavy atom. The molecule has 1 fully saturated rings. The fourth-order valence-electron chi connectivity index (χ4n) is 5.90. The highest BCUT2D eigenvalue weighted by atomic mass is 16.5. The molecule has 0 aliphatic carbocycles. The summed E-state index contributed by atoms with van der Waals surface area (Å²) in [5.41, 5.74) is 5.77. The van der Waals surface area contributed by atoms with Gasteiger partial charge in [0.15, 0.2) is 5.88 Å². The number of unbranched alkanes of at least 4 members (excludes halogenated alkanes) is 3. The Morgan fingerprint density at radius 3 is 1.98 bits per heavy atom. The van der Waals surface area contributed by atoms with Gasteiger partial charge in [-0.05, 0) is 93.2 Å². The number of ether oxygens (including phenoxy) is 3. The molecule has 0 amide bonds. The lowest BCUT2D eigenvalue weighted by Gasteiger charge is -2.26. The number of hydrogen-bond donors (Lipinski definition) is 0. The second kappa shape index (κ2) is 16.9. The Balaban J connectivity index is 1.20. The van der Waals surface area contributed by atoms with Gasteiger partial charge in [0.25, 0.3) is 0 Å². The fourth-order valence-corrected chi connectivity index (χ4v) is 5.90. The number of likely N-dealkylation sites (tertiary alicyclic amines) is 1. The van der Waals surface area contributed by atoms with Crippen molar-refractivity contribution in [2.45, 2.75) is 78.2 Å². The van der Waals surface area contributed by atoms with Crippen LogP contribution in [-0.2, 0) is 31.1 Å². The van der Waals surface area contributed by atoms with E-state index in [1.807, 2.05) is 24.3 Å². The first-order valence-electron chi connectivity index (χ1n) is 16.3. The molecule has 0 unspecified atom stereocenters. The van der Waals surface area contributed by atoms with Crippen LogP contribution in [0.4, 0.5) is 0 Å². The molecule has 1 aliphatic heterocycles. The molecular weight excluding hydrogens is 532 g/mol. The lowest BCUT2D eigenvalue weighted by Crippen LogP contribution is -2.30. The summed E-state index contributed by atoms with van der Waals surface area (Å²) in [5.74, 6) is 1.74. The maximum atomic E-state index is 6.37. The first-order chi connectivity index (χ1) is 21.3. The Hall–Kier alpha value is -3.54. The van der Waals surface area contributed by atoms with Gasteiger partial charge in [0.1, 0.15) is 19.0 Å². The van der Waals surface area contributed by atoms with Gasteiger partial charge in [-0.3, -0.25) is 0 Å². The van der Waals surface area contributed by atoms with Crippen molar-refractivity contribution < 1.29 is 14.2 Å². The molecule has 228 valence electrons. The second-order valence-electron chi connectivity index (χ2n) is 11.5. The molecule has 0 atom stereocenters. The molecule has 3 aromatic carbocycles. The van der Waals surface area contributed by atoms with E-state index in [0.717, 1.165) is 59.1 Å². The lowest BCUT2D eigenvalue weighted by molar-refractivity contribution is 0.116. The summed E-state index contributed by atoms with van der Waals surface area (Å²) >= 11 is 0. The van der Waals surface area contributed by atoms with Gasteiger partial charge in [-0.25, -0.2) is 0 Å². The van der Waals surface area contributed by atoms with Crippen LogP contribution >= 0.6 is 0 Å². The van der Waals surface area contributed by atoms with Crippen LogP contribution in [0.3, 0.4) is 0 Å². The van der Waals surface area contributed by atoms with Crippen LogP contribution in [0.2, 0.25) is 0 Å². The van der Waals surface area contributed by atoms with Gasteiger partial charge in [-0.15, -0.1) is 0 Å². The van der Waals surface area contributed by atoms with Crippen LogP contribution in [0, 0.1) is 0 Å². The quantitative estimate of drug-likeness (QED) is 0.117. The molecule has 1 saturated heterocycles. The van der Waals surface area contributed by atoms with Crippen LogP contribution < -0.4 is 9.47 Å². The Bertz CT molecular complexity index is 1330. The first kappa shape index (κ1) is 30.9. The molecule has 5 nitrogen and oxygen atoms in total. The minimum absolute atomic E-state index is 0.536. The van der Waals surface area contributed by atoms with Gasteiger partial charge >= 0.3 is 0 Å². The van der Waals surface area contributed by atoms with Crippen LogP contribution in [0.25, 0.3) is 11.3 Å². The molecule has 0 saturated carbocycles. The van der Waals surface area contributed by atoms with Gasteiger partial charge in [0.05, 0.1) is 12.3 Å². The molecule has 5 heteroatoms. The maximum Gasteiger partial charge on any atom is 0.194 e. The van der Waals surface area contributed by atoms with Crippen LogP contribution in [0.1, 0.15) is 68.6 Å². The van der Waals surface area contributed by atoms with E-state index in [2.05, 4.69) is 83.1 Å². The van der Waals surface area contributed by atoms with Crippen molar-refractivity contribution in [3.63, 3.8) is 0 Å². The molecule has 5 rings (SSSR count). The van der Waals surface area contributed by atoms with Crippen molar-refractivity contribution in [1.82, 2.24) is 9.47 Å². The van der Waals surface area contributed by atoms with E-state index >= 15 is 0 Å². The van der Waals surface area contributed by atoms with Crippen molar-refractivity contribution in [1.29, 1.82) is 0 Å². The molecule has 43 heavy (non-hydrogen) atoms. The lowest BCUT2D eigenvalue weighted by atomic mass is 10.1. The summed E-state index contributed by atoms with van der Waals surface area (Å²) in [6.07, 6.45) is 9.08. The van der Waals surface area contributed by atoms with Crippen molar-refractivity contribution in [2.75, 3.05) is 26.2 Å². The standard InChI is InChI=1S/C38H48N2O3/c1-2-40-37(43-30-33-18-10-6-11-19-33)28-35(31-41-27-15-4-3-12-24-39-25-13-7-14-26-39)38(40)34-20-22-36(23-21-34)42-29-32-16-8-5-9-17-32/h5-6,8-11,16-23,28H,2-4,7,12-15,24-27,29-31H2,1H3. The van der Waals surface area contributed by atoms with E-state index in [1.54, 1.807) is 0 Å². The number of aromatic nitrogens is 1. The number of benzene rings is 3. The molecule has 2 heterocycles. The smallest absolute Gasteiger partial charge is 0.194 e. The molecule has 0 spiro atoms. The van der Waals surface area contributed by atoms with Gasteiger partial charge in [0, 0.05) is 24.8 Å². The van der Waals surface area contributed by atoms with Crippen molar-refractivity contribution in [2.24, 2.45) is 0 Å². The summed E-state index contributed by atoms with van der Waals surface area (Å²) in [6.45, 7) is 9.28. The van der Waals surface area contributed by atoms with Crippen LogP contribution in [0.15, 0.2) is 91.0 Å². The average Bonchev–Trinajstić information content (AvgIpc) is 3.43. The zero-order chi connectivity index (χ0) is 29.5. The molecule has 0 bridgehead atoms. The predicted molar refractivity (Wildman–Crippen MR) is 176 cm³/mol. The maximum absolute atomic E-state index is 6.37. The summed E-state index contributed by atoms with van der Waals surface area (Å²) in [5, 5.41) is 0. The normalized spacial score (nSPS) is 13.7. The molecule has 1 aliphatic rings. The number of piperidine rings is 1. The molecule has 1 aromatic heterocycles. The van der Waals surface area contributed by atoms with Gasteiger partial charge < -0.3 is 23.7 Å². The molecular formula is C38H48N2O3. The molecule has 4 aromatic rings. The van der Waals surface area contributed by atoms with Crippen molar-refractivity contribution in [3.05, 3.63) is 108 Å². The Kier molecular flexibility index (Phi) is 12.2. The Labute approximate surface area is 258 Å². The van der Waals surface area contributed by atoms with E-state index < -0.39 is 0 Å². The van der Waals surface area contributed by atoms with Gasteiger partial charge in [-0.1, -0.05) is 79.9 Å². The monoisotopic (exact) mass is 580 g/mol. The highest BCUT2D eigenvalue weighted by Gasteiger charge is 2.18. The van der Waals surface area contributed by atoms with Crippen molar-refractivity contribution in [3.8, 4) is 22.9 Å². The predicted octanol–water partition coefficient (Wildman–Crippen LogP) is 8.90. The zero-order valence-electron chi connectivity index (χ0n) is 25.9. The third-order valence-corrected chi connectivity index (χ3v) is 8.28. The highest BCUT2D eigenvalue weighted by Crippen LogP contribution is 2.34. The third-order valence-electron chi connectivity index (χ3n) is 8.28. The second-order valence-corrected chi connectivity index (χ2v) is 11.5. The summed E-state index contributed by atoms with van der Waals surface area (Å²) in [6, 6.07) is 31.2. The number of rotatable bonds is 17. The summed E-state index contributed by atoms with van der Waals surface area (Å²) < 4.78 is 21.0. The zero-order valence-corrected chi connectivity index (χ0v) is 25.9. The molecule has 0 radical (unpaired) electrons. The fraction of sp³-hybridized carbons (Fsp3) is 0.421. The highest BCUT2D eigenvalue weighted by molar-refractivity contribution is 5.67. The SMILES string of the molecule is CCn1c(OCc2ccccc2)cc(COCCCCCCN2CCCCC2)c1-c1ccc(OCc2ccccc2)cc1. The first-order valence-corrected chi connectivity index (χ1v) is 16.3. The largest absolute Gasteiger partial charge is 0.489 e. The van der Waals surface area contributed by atoms with Gasteiger partial charge in [0.2, 0.25) is 0 Å². The van der Waals surface area contributed by atoms with E-state index in [9.17, 15) is 0 Å². The van der Waals surface area contributed by atoms with Gasteiger partial charge in [-0.2, -0.15) is 0 Å².